The molecule has 0 bridgehead atoms. The van der Waals surface area contributed by atoms with Crippen LogP contribution in [-0.2, 0) is 6.54 Å². The normalized spacial score (nSPS) is 11.8. The van der Waals surface area contributed by atoms with E-state index in [1.54, 1.807) is 25.1 Å². The number of carbonyl (C=O) groups is 2. The summed E-state index contributed by atoms with van der Waals surface area (Å²) in [5.74, 6) is -2.96. The van der Waals surface area contributed by atoms with E-state index < -0.39 is 29.4 Å². The summed E-state index contributed by atoms with van der Waals surface area (Å²) in [6, 6.07) is 8.62. The van der Waals surface area contributed by atoms with Gasteiger partial charge < -0.3 is 25.9 Å². The summed E-state index contributed by atoms with van der Waals surface area (Å²) in [5, 5.41) is 15.1. The smallest absolute Gasteiger partial charge is 0.289 e. The lowest BCUT2D eigenvalue weighted by Gasteiger charge is -2.11. The van der Waals surface area contributed by atoms with Crippen molar-refractivity contribution in [1.82, 2.24) is 15.3 Å². The van der Waals surface area contributed by atoms with Crippen molar-refractivity contribution < 1.29 is 27.9 Å². The molecule has 3 heterocycles. The van der Waals surface area contributed by atoms with E-state index in [-0.39, 0.29) is 39.9 Å². The number of amides is 2. The minimum absolute atomic E-state index is 0.0347. The van der Waals surface area contributed by atoms with Gasteiger partial charge in [-0.05, 0) is 35.9 Å². The highest BCUT2D eigenvalue weighted by atomic mass is 32.1. The zero-order valence-electron chi connectivity index (χ0n) is 18.9. The molecule has 1 aromatic carbocycles. The molecule has 0 saturated carbocycles. The molecule has 186 valence electrons. The monoisotopic (exact) mass is 513 g/mol. The van der Waals surface area contributed by atoms with Crippen molar-refractivity contribution in [3.63, 3.8) is 0 Å². The molecule has 2 amide bonds. The van der Waals surface area contributed by atoms with Crippen LogP contribution in [0.1, 0.15) is 45.0 Å². The van der Waals surface area contributed by atoms with Gasteiger partial charge in [0, 0.05) is 17.4 Å². The molecule has 1 atom stereocenters. The quantitative estimate of drug-likeness (QED) is 0.265. The van der Waals surface area contributed by atoms with Crippen LogP contribution in [0.2, 0.25) is 0 Å². The van der Waals surface area contributed by atoms with Gasteiger partial charge in [-0.15, -0.1) is 11.3 Å². The van der Waals surface area contributed by atoms with E-state index in [9.17, 15) is 23.5 Å². The molecule has 0 aliphatic heterocycles. The SMILES string of the molecule is CC(CO)c1cc(F)c(-c2cc(C(N)=O)c(Nc3cccc(CNC(=O)c4cnco4)n3)s2)c(F)c1. The van der Waals surface area contributed by atoms with Crippen LogP contribution in [0.5, 0.6) is 0 Å². The summed E-state index contributed by atoms with van der Waals surface area (Å²) in [5.41, 5.74) is 6.05. The second-order valence-corrected chi connectivity index (χ2v) is 8.90. The lowest BCUT2D eigenvalue weighted by atomic mass is 9.99. The number of oxazole rings is 1. The standard InChI is InChI=1S/C24H21F2N5O4S/c1-12(10-32)13-5-16(25)21(17(26)6-13)19-7-15(22(27)33)24(36-19)31-20-4-2-3-14(30-20)8-29-23(34)18-9-28-11-35-18/h2-7,9,11-12,32H,8,10H2,1H3,(H2,27,33)(H,29,34)(H,30,31). The number of benzene rings is 1. The van der Waals surface area contributed by atoms with Crippen LogP contribution in [0.25, 0.3) is 10.4 Å². The van der Waals surface area contributed by atoms with Gasteiger partial charge in [0.05, 0.1) is 29.6 Å². The molecular weight excluding hydrogens is 492 g/mol. The number of aliphatic hydroxyl groups excluding tert-OH is 1. The molecule has 5 N–H and O–H groups in total. The van der Waals surface area contributed by atoms with E-state index in [0.717, 1.165) is 29.9 Å². The number of hydrogen-bond acceptors (Lipinski definition) is 8. The van der Waals surface area contributed by atoms with Crippen LogP contribution >= 0.6 is 11.3 Å². The van der Waals surface area contributed by atoms with Crippen molar-refractivity contribution in [1.29, 1.82) is 0 Å². The van der Waals surface area contributed by atoms with E-state index >= 15 is 0 Å². The molecule has 0 radical (unpaired) electrons. The third kappa shape index (κ3) is 5.39. The number of hydrogen-bond donors (Lipinski definition) is 4. The highest BCUT2D eigenvalue weighted by Crippen LogP contribution is 2.39. The number of nitrogens with two attached hydrogens (primary N) is 1. The summed E-state index contributed by atoms with van der Waals surface area (Å²) in [6.07, 6.45) is 2.43. The number of carbonyl (C=O) groups excluding carboxylic acids is 2. The van der Waals surface area contributed by atoms with Crippen molar-refractivity contribution in [2.75, 3.05) is 11.9 Å². The number of anilines is 2. The van der Waals surface area contributed by atoms with Crippen molar-refractivity contribution in [3.8, 4) is 10.4 Å². The van der Waals surface area contributed by atoms with Crippen LogP contribution in [-0.4, -0.2) is 33.5 Å². The number of thiophene rings is 1. The molecule has 36 heavy (non-hydrogen) atoms. The number of nitrogens with one attached hydrogen (secondary N) is 2. The highest BCUT2D eigenvalue weighted by molar-refractivity contribution is 7.20. The van der Waals surface area contributed by atoms with Crippen molar-refractivity contribution in [2.45, 2.75) is 19.4 Å². The Morgan fingerprint density at radius 3 is 2.61 bits per heavy atom. The fraction of sp³-hybridized carbons (Fsp3) is 0.167. The summed E-state index contributed by atoms with van der Waals surface area (Å²) in [7, 11) is 0. The van der Waals surface area contributed by atoms with Gasteiger partial charge in [-0.1, -0.05) is 13.0 Å². The number of aliphatic hydroxyl groups is 1. The molecule has 0 fully saturated rings. The van der Waals surface area contributed by atoms with Crippen LogP contribution in [0.3, 0.4) is 0 Å². The van der Waals surface area contributed by atoms with Gasteiger partial charge >= 0.3 is 0 Å². The molecule has 12 heteroatoms. The Kier molecular flexibility index (Phi) is 7.36. The minimum Gasteiger partial charge on any atom is -0.438 e. The van der Waals surface area contributed by atoms with Gasteiger partial charge in [0.15, 0.2) is 6.39 Å². The topological polar surface area (TPSA) is 143 Å². The number of halogens is 2. The van der Waals surface area contributed by atoms with Gasteiger partial charge in [0.1, 0.15) is 22.5 Å². The fourth-order valence-corrected chi connectivity index (χ4v) is 4.48. The maximum Gasteiger partial charge on any atom is 0.289 e. The Bertz CT molecular complexity index is 1380. The molecule has 0 aliphatic carbocycles. The summed E-state index contributed by atoms with van der Waals surface area (Å²) in [4.78, 5) is 32.3. The molecule has 9 nitrogen and oxygen atoms in total. The summed E-state index contributed by atoms with van der Waals surface area (Å²) >= 11 is 0.936. The first kappa shape index (κ1) is 24.9. The minimum atomic E-state index is -0.822. The van der Waals surface area contributed by atoms with Crippen molar-refractivity contribution in [2.24, 2.45) is 5.73 Å². The third-order valence-corrected chi connectivity index (χ3v) is 6.35. The van der Waals surface area contributed by atoms with Crippen molar-refractivity contribution in [3.05, 3.63) is 83.2 Å². The average Bonchev–Trinajstić information content (AvgIpc) is 3.53. The van der Waals surface area contributed by atoms with Gasteiger partial charge in [0.2, 0.25) is 5.76 Å². The highest BCUT2D eigenvalue weighted by Gasteiger charge is 2.22. The maximum absolute atomic E-state index is 14.9. The Morgan fingerprint density at radius 2 is 1.97 bits per heavy atom. The van der Waals surface area contributed by atoms with Crippen molar-refractivity contribution >= 4 is 34.0 Å². The Hall–Kier alpha value is -4.16. The Labute approximate surface area is 208 Å². The van der Waals surface area contributed by atoms with Gasteiger partial charge in [-0.2, -0.15) is 0 Å². The molecule has 3 aromatic heterocycles. The van der Waals surface area contributed by atoms with Crippen LogP contribution in [0.15, 0.2) is 53.4 Å². The zero-order chi connectivity index (χ0) is 25.8. The Morgan fingerprint density at radius 1 is 1.22 bits per heavy atom. The number of primary amides is 1. The molecule has 4 rings (SSSR count). The van der Waals surface area contributed by atoms with Gasteiger partial charge in [-0.3, -0.25) is 9.59 Å². The second kappa shape index (κ2) is 10.6. The molecule has 1 unspecified atom stereocenters. The number of nitrogens with zero attached hydrogens (tertiary/aromatic N) is 2. The zero-order valence-corrected chi connectivity index (χ0v) is 19.7. The molecule has 0 aliphatic rings. The molecule has 0 spiro atoms. The fourth-order valence-electron chi connectivity index (χ4n) is 3.36. The van der Waals surface area contributed by atoms with Gasteiger partial charge in [-0.25, -0.2) is 18.7 Å². The second-order valence-electron chi connectivity index (χ2n) is 7.85. The van der Waals surface area contributed by atoms with E-state index in [0.29, 0.717) is 17.1 Å². The van der Waals surface area contributed by atoms with E-state index in [1.165, 1.54) is 12.3 Å². The molecular formula is C24H21F2N5O4S. The largest absolute Gasteiger partial charge is 0.438 e. The predicted molar refractivity (Wildman–Crippen MR) is 129 cm³/mol. The number of aromatic nitrogens is 2. The number of rotatable bonds is 9. The van der Waals surface area contributed by atoms with E-state index in [4.69, 9.17) is 10.2 Å². The first-order valence-corrected chi connectivity index (χ1v) is 11.5. The summed E-state index contributed by atoms with van der Waals surface area (Å²) in [6.45, 7) is 1.47. The molecule has 0 saturated heterocycles. The third-order valence-electron chi connectivity index (χ3n) is 5.29. The van der Waals surface area contributed by atoms with Gasteiger partial charge in [0.25, 0.3) is 11.8 Å². The number of pyridine rings is 1. The van der Waals surface area contributed by atoms with Crippen LogP contribution < -0.4 is 16.4 Å². The van der Waals surface area contributed by atoms with Crippen LogP contribution in [0.4, 0.5) is 19.6 Å². The van der Waals surface area contributed by atoms with E-state index in [2.05, 4.69) is 20.6 Å². The average molecular weight is 514 g/mol. The summed E-state index contributed by atoms with van der Waals surface area (Å²) < 4.78 is 34.7. The maximum atomic E-state index is 14.9. The van der Waals surface area contributed by atoms with E-state index in [1.807, 2.05) is 0 Å². The lowest BCUT2D eigenvalue weighted by molar-refractivity contribution is 0.0922. The van der Waals surface area contributed by atoms with Crippen LogP contribution in [0, 0.1) is 11.6 Å². The Balaban J connectivity index is 1.58. The lowest BCUT2D eigenvalue weighted by Crippen LogP contribution is -2.22. The first-order valence-electron chi connectivity index (χ1n) is 10.7. The predicted octanol–water partition coefficient (Wildman–Crippen LogP) is 3.94. The molecule has 4 aromatic rings. The first-order chi connectivity index (χ1) is 17.3.